The molecule has 0 aliphatic carbocycles. The van der Waals surface area contributed by atoms with Crippen LogP contribution >= 0.6 is 0 Å². The van der Waals surface area contributed by atoms with Gasteiger partial charge in [0.05, 0.1) is 22.4 Å². The van der Waals surface area contributed by atoms with Gasteiger partial charge in [-0.3, -0.25) is 4.79 Å². The zero-order chi connectivity index (χ0) is 18.6. The first kappa shape index (κ1) is 17.5. The molecule has 0 fully saturated rings. The Balaban J connectivity index is 2.40. The molecule has 0 radical (unpaired) electrons. The summed E-state index contributed by atoms with van der Waals surface area (Å²) in [6.07, 6.45) is -3.47. The quantitative estimate of drug-likeness (QED) is 0.823. The van der Waals surface area contributed by atoms with Crippen LogP contribution in [0.15, 0.2) is 28.0 Å². The number of halogens is 3. The summed E-state index contributed by atoms with van der Waals surface area (Å²) in [5.74, 6) is -1.07. The van der Waals surface area contributed by atoms with Gasteiger partial charge in [0.1, 0.15) is 0 Å². The minimum Gasteiger partial charge on any atom is -0.503 e. The summed E-state index contributed by atoms with van der Waals surface area (Å²) in [5, 5.41) is 13.8. The Morgan fingerprint density at radius 1 is 1.24 bits per heavy atom. The van der Waals surface area contributed by atoms with Crippen LogP contribution in [0.1, 0.15) is 17.5 Å². The van der Waals surface area contributed by atoms with E-state index in [1.807, 2.05) is 0 Å². The summed E-state index contributed by atoms with van der Waals surface area (Å²) < 4.78 is 65.2. The third-order valence-electron chi connectivity index (χ3n) is 4.12. The van der Waals surface area contributed by atoms with Crippen molar-refractivity contribution in [2.24, 2.45) is 7.05 Å². The summed E-state index contributed by atoms with van der Waals surface area (Å²) in [4.78, 5) is 11.1. The average Bonchev–Trinajstić information content (AvgIpc) is 2.51. The lowest BCUT2D eigenvalue weighted by Gasteiger charge is -2.24. The van der Waals surface area contributed by atoms with Crippen molar-refractivity contribution >= 4 is 9.84 Å². The van der Waals surface area contributed by atoms with Crippen molar-refractivity contribution in [2.75, 3.05) is 5.75 Å². The monoisotopic (exact) mass is 374 g/mol. The van der Waals surface area contributed by atoms with E-state index in [2.05, 4.69) is 5.10 Å². The Morgan fingerprint density at radius 2 is 1.92 bits per heavy atom. The average molecular weight is 374 g/mol. The van der Waals surface area contributed by atoms with Crippen LogP contribution in [0.3, 0.4) is 0 Å². The lowest BCUT2D eigenvalue weighted by molar-refractivity contribution is -0.140. The number of nitrogens with zero attached hydrogens (tertiary/aromatic N) is 2. The number of fused-ring (bicyclic) bond motifs is 1. The predicted molar refractivity (Wildman–Crippen MR) is 82.0 cm³/mol. The molecular weight excluding hydrogens is 361 g/mol. The van der Waals surface area contributed by atoms with E-state index in [0.29, 0.717) is 6.07 Å². The highest BCUT2D eigenvalue weighted by Crippen LogP contribution is 2.43. The molecule has 134 valence electrons. The molecular formula is C15H13F3N2O4S. The fraction of sp³-hybridized carbons (Fsp3) is 0.333. The highest BCUT2D eigenvalue weighted by atomic mass is 32.2. The SMILES string of the molecule is Cn1ncc(-c2ccc(C(F)(F)F)c3c2CCCS3(=O)=O)c(O)c1=O. The van der Waals surface area contributed by atoms with Crippen LogP contribution in [0.25, 0.3) is 11.1 Å². The van der Waals surface area contributed by atoms with E-state index in [0.717, 1.165) is 16.9 Å². The molecule has 2 aromatic rings. The van der Waals surface area contributed by atoms with E-state index in [1.54, 1.807) is 0 Å². The molecule has 1 aliphatic heterocycles. The van der Waals surface area contributed by atoms with Gasteiger partial charge in [0, 0.05) is 12.6 Å². The number of alkyl halides is 3. The summed E-state index contributed by atoms with van der Waals surface area (Å²) >= 11 is 0. The van der Waals surface area contributed by atoms with Crippen molar-refractivity contribution in [2.45, 2.75) is 23.9 Å². The van der Waals surface area contributed by atoms with E-state index >= 15 is 0 Å². The van der Waals surface area contributed by atoms with Gasteiger partial charge in [0.15, 0.2) is 15.6 Å². The van der Waals surface area contributed by atoms with Crippen molar-refractivity contribution in [3.05, 3.63) is 39.8 Å². The Kier molecular flexibility index (Phi) is 3.90. The zero-order valence-electron chi connectivity index (χ0n) is 13.0. The van der Waals surface area contributed by atoms with Crippen molar-refractivity contribution < 1.29 is 26.7 Å². The summed E-state index contributed by atoms with van der Waals surface area (Å²) in [5.41, 5.74) is -2.14. The second-order valence-electron chi connectivity index (χ2n) is 5.72. The smallest absolute Gasteiger partial charge is 0.417 e. The summed E-state index contributed by atoms with van der Waals surface area (Å²) in [6.45, 7) is 0. The van der Waals surface area contributed by atoms with Crippen molar-refractivity contribution in [1.82, 2.24) is 9.78 Å². The Labute approximate surface area is 140 Å². The van der Waals surface area contributed by atoms with Crippen LogP contribution in [0, 0.1) is 0 Å². The topological polar surface area (TPSA) is 89.3 Å². The van der Waals surface area contributed by atoms with Gasteiger partial charge >= 0.3 is 11.7 Å². The van der Waals surface area contributed by atoms with Crippen LogP contribution in [-0.4, -0.2) is 29.1 Å². The number of aryl methyl sites for hydroxylation is 1. The summed E-state index contributed by atoms with van der Waals surface area (Å²) in [7, 11) is -2.82. The molecule has 10 heteroatoms. The third kappa shape index (κ3) is 2.80. The molecule has 25 heavy (non-hydrogen) atoms. The highest BCUT2D eigenvalue weighted by Gasteiger charge is 2.41. The number of hydrogen-bond acceptors (Lipinski definition) is 5. The molecule has 0 amide bonds. The zero-order valence-corrected chi connectivity index (χ0v) is 13.8. The molecule has 0 atom stereocenters. The van der Waals surface area contributed by atoms with Gasteiger partial charge in [-0.15, -0.1) is 0 Å². The lowest BCUT2D eigenvalue weighted by atomic mass is 9.94. The molecule has 3 rings (SSSR count). The maximum atomic E-state index is 13.3. The minimum atomic E-state index is -4.83. The predicted octanol–water partition coefficient (Wildman–Crippen LogP) is 1.89. The van der Waals surface area contributed by atoms with Gasteiger partial charge in [-0.2, -0.15) is 18.3 Å². The minimum absolute atomic E-state index is 0.0496. The molecule has 0 saturated carbocycles. The normalized spacial score (nSPS) is 16.5. The second-order valence-corrected chi connectivity index (χ2v) is 7.77. The second kappa shape index (κ2) is 5.58. The first-order valence-electron chi connectivity index (χ1n) is 7.25. The van der Waals surface area contributed by atoms with Gasteiger partial charge in [-0.05, 0) is 30.0 Å². The maximum absolute atomic E-state index is 13.3. The Bertz CT molecular complexity index is 1030. The molecule has 1 aliphatic rings. The van der Waals surface area contributed by atoms with Gasteiger partial charge in [0.25, 0.3) is 0 Å². The molecule has 2 heterocycles. The van der Waals surface area contributed by atoms with Gasteiger partial charge in [-0.1, -0.05) is 6.07 Å². The molecule has 0 bridgehead atoms. The fourth-order valence-corrected chi connectivity index (χ4v) is 4.81. The lowest BCUT2D eigenvalue weighted by Crippen LogP contribution is -2.23. The molecule has 0 saturated heterocycles. The van der Waals surface area contributed by atoms with Crippen LogP contribution in [0.5, 0.6) is 5.75 Å². The Morgan fingerprint density at radius 3 is 2.56 bits per heavy atom. The number of benzene rings is 1. The number of rotatable bonds is 1. The molecule has 0 spiro atoms. The first-order chi connectivity index (χ1) is 11.5. The van der Waals surface area contributed by atoms with Crippen LogP contribution in [0.4, 0.5) is 13.2 Å². The van der Waals surface area contributed by atoms with E-state index in [4.69, 9.17) is 0 Å². The van der Waals surface area contributed by atoms with Gasteiger partial charge < -0.3 is 5.11 Å². The molecule has 1 aromatic carbocycles. The van der Waals surface area contributed by atoms with E-state index in [-0.39, 0.29) is 35.3 Å². The molecule has 6 nitrogen and oxygen atoms in total. The van der Waals surface area contributed by atoms with Crippen LogP contribution < -0.4 is 5.56 Å². The number of aromatic hydroxyl groups is 1. The molecule has 1 aromatic heterocycles. The van der Waals surface area contributed by atoms with Crippen molar-refractivity contribution in [3.8, 4) is 16.9 Å². The van der Waals surface area contributed by atoms with Crippen molar-refractivity contribution in [3.63, 3.8) is 0 Å². The summed E-state index contributed by atoms with van der Waals surface area (Å²) in [6, 6.07) is 1.73. The number of hydrogen-bond donors (Lipinski definition) is 1. The Hall–Kier alpha value is -2.36. The largest absolute Gasteiger partial charge is 0.503 e. The van der Waals surface area contributed by atoms with Crippen LogP contribution in [0.2, 0.25) is 0 Å². The number of aromatic nitrogens is 2. The van der Waals surface area contributed by atoms with E-state index in [9.17, 15) is 31.5 Å². The third-order valence-corrected chi connectivity index (χ3v) is 6.03. The van der Waals surface area contributed by atoms with Crippen molar-refractivity contribution in [1.29, 1.82) is 0 Å². The fourth-order valence-electron chi connectivity index (χ4n) is 2.97. The standard InChI is InChI=1S/C15H13F3N2O4S/c1-20-14(22)12(21)10(7-19-20)8-4-5-11(15(16,17)18)13-9(8)3-2-6-25(13,23)24/h4-5,7,21H,2-3,6H2,1H3. The molecule has 1 N–H and O–H groups in total. The number of sulfone groups is 1. The highest BCUT2D eigenvalue weighted by molar-refractivity contribution is 7.91. The van der Waals surface area contributed by atoms with E-state index < -0.39 is 37.8 Å². The van der Waals surface area contributed by atoms with Gasteiger partial charge in [0.2, 0.25) is 0 Å². The molecule has 0 unspecified atom stereocenters. The maximum Gasteiger partial charge on any atom is 0.417 e. The first-order valence-corrected chi connectivity index (χ1v) is 8.91. The van der Waals surface area contributed by atoms with E-state index in [1.165, 1.54) is 7.05 Å². The van der Waals surface area contributed by atoms with Gasteiger partial charge in [-0.25, -0.2) is 13.1 Å². The van der Waals surface area contributed by atoms with Crippen LogP contribution in [-0.2, 0) is 29.5 Å².